The molecule has 160 valence electrons. The number of rotatable bonds is 5. The lowest BCUT2D eigenvalue weighted by atomic mass is 9.95. The molecule has 1 saturated heterocycles. The minimum absolute atomic E-state index is 0.0737. The highest BCUT2D eigenvalue weighted by Crippen LogP contribution is 2.44. The van der Waals surface area contributed by atoms with E-state index in [0.717, 1.165) is 22.3 Å². The number of amides is 1. The van der Waals surface area contributed by atoms with Gasteiger partial charge in [-0.1, -0.05) is 48.5 Å². The van der Waals surface area contributed by atoms with Crippen molar-refractivity contribution in [2.75, 3.05) is 19.8 Å². The molecule has 30 heavy (non-hydrogen) atoms. The number of carbonyl (C=O) groups excluding carboxylic acids is 1. The van der Waals surface area contributed by atoms with Crippen molar-refractivity contribution in [1.29, 1.82) is 0 Å². The van der Waals surface area contributed by atoms with E-state index in [9.17, 15) is 25.2 Å². The van der Waals surface area contributed by atoms with Crippen molar-refractivity contribution in [3.8, 4) is 11.1 Å². The highest BCUT2D eigenvalue weighted by Gasteiger charge is 2.43. The number of benzene rings is 2. The molecule has 4 rings (SSSR count). The third kappa shape index (κ3) is 3.80. The Balaban J connectivity index is 1.36. The van der Waals surface area contributed by atoms with Crippen molar-refractivity contribution in [1.82, 2.24) is 5.32 Å². The monoisotopic (exact) mass is 415 g/mol. The molecule has 0 spiro atoms. The smallest absolute Gasteiger partial charge is 0.407 e. The first kappa shape index (κ1) is 20.8. The second kappa shape index (κ2) is 8.71. The number of nitrogens with one attached hydrogen (secondary N) is 1. The van der Waals surface area contributed by atoms with Crippen LogP contribution in [-0.2, 0) is 9.47 Å². The van der Waals surface area contributed by atoms with Crippen molar-refractivity contribution in [3.63, 3.8) is 0 Å². The highest BCUT2D eigenvalue weighted by atomic mass is 16.6. The van der Waals surface area contributed by atoms with Crippen LogP contribution in [0.15, 0.2) is 48.5 Å². The lowest BCUT2D eigenvalue weighted by Crippen LogP contribution is -2.60. The Bertz CT molecular complexity index is 857. The zero-order valence-corrected chi connectivity index (χ0v) is 16.2. The van der Waals surface area contributed by atoms with Crippen LogP contribution in [0.3, 0.4) is 0 Å². The van der Waals surface area contributed by atoms with Crippen LogP contribution >= 0.6 is 0 Å². The van der Waals surface area contributed by atoms with Gasteiger partial charge in [0, 0.05) is 12.5 Å². The van der Waals surface area contributed by atoms with Gasteiger partial charge in [0.05, 0.1) is 6.61 Å². The molecule has 0 aromatic heterocycles. The Morgan fingerprint density at radius 3 is 2.07 bits per heavy atom. The van der Waals surface area contributed by atoms with Gasteiger partial charge in [0.2, 0.25) is 0 Å². The molecule has 0 saturated carbocycles. The van der Waals surface area contributed by atoms with Gasteiger partial charge in [-0.2, -0.15) is 0 Å². The average Bonchev–Trinajstić information content (AvgIpc) is 3.09. The number of ether oxygens (including phenoxy) is 2. The second-order valence-electron chi connectivity index (χ2n) is 7.57. The van der Waals surface area contributed by atoms with Crippen molar-refractivity contribution in [3.05, 3.63) is 59.7 Å². The van der Waals surface area contributed by atoms with Gasteiger partial charge in [-0.3, -0.25) is 0 Å². The Hall–Kier alpha value is -2.49. The molecule has 5 atom stereocenters. The van der Waals surface area contributed by atoms with Crippen LogP contribution in [0.25, 0.3) is 11.1 Å². The summed E-state index contributed by atoms with van der Waals surface area (Å²) in [6, 6.07) is 16.0. The van der Waals surface area contributed by atoms with E-state index in [2.05, 4.69) is 5.32 Å². The third-order valence-corrected chi connectivity index (χ3v) is 5.78. The summed E-state index contributed by atoms with van der Waals surface area (Å²) in [5, 5.41) is 41.4. The predicted octanol–water partition coefficient (Wildman–Crippen LogP) is 0.368. The molecular weight excluding hydrogens is 390 g/mol. The SMILES string of the molecule is O=C(NC[C@@H]1O[C@H](CO)[C@H](O)[C@H](O)[C@H]1O)OCC1c2ccccc2-c2ccccc21. The van der Waals surface area contributed by atoms with E-state index < -0.39 is 43.2 Å². The van der Waals surface area contributed by atoms with E-state index in [1.54, 1.807) is 0 Å². The number of alkyl carbamates (subject to hydrolysis) is 1. The maximum atomic E-state index is 12.2. The van der Waals surface area contributed by atoms with Gasteiger partial charge >= 0.3 is 6.09 Å². The van der Waals surface area contributed by atoms with Gasteiger partial charge in [-0.25, -0.2) is 4.79 Å². The molecule has 1 aliphatic heterocycles. The number of hydrogen-bond acceptors (Lipinski definition) is 7. The third-order valence-electron chi connectivity index (χ3n) is 5.78. The van der Waals surface area contributed by atoms with Gasteiger partial charge < -0.3 is 35.2 Å². The lowest BCUT2D eigenvalue weighted by Gasteiger charge is -2.40. The van der Waals surface area contributed by atoms with E-state index >= 15 is 0 Å². The predicted molar refractivity (Wildman–Crippen MR) is 107 cm³/mol. The van der Waals surface area contributed by atoms with Crippen LogP contribution in [0.2, 0.25) is 0 Å². The van der Waals surface area contributed by atoms with Crippen molar-refractivity contribution in [2.45, 2.75) is 36.4 Å². The van der Waals surface area contributed by atoms with Crippen molar-refractivity contribution >= 4 is 6.09 Å². The molecule has 2 aliphatic rings. The molecular formula is C22H25NO7. The summed E-state index contributed by atoms with van der Waals surface area (Å²) in [5.41, 5.74) is 4.45. The van der Waals surface area contributed by atoms with Gasteiger partial charge in [0.25, 0.3) is 0 Å². The topological polar surface area (TPSA) is 128 Å². The highest BCUT2D eigenvalue weighted by molar-refractivity contribution is 5.79. The first-order valence-corrected chi connectivity index (χ1v) is 9.90. The summed E-state index contributed by atoms with van der Waals surface area (Å²) in [7, 11) is 0. The van der Waals surface area contributed by atoms with E-state index in [0.29, 0.717) is 0 Å². The molecule has 8 heteroatoms. The molecule has 8 nitrogen and oxygen atoms in total. The van der Waals surface area contributed by atoms with Crippen molar-refractivity contribution in [2.24, 2.45) is 0 Å². The fraction of sp³-hybridized carbons (Fsp3) is 0.409. The summed E-state index contributed by atoms with van der Waals surface area (Å²) in [4.78, 5) is 12.2. The largest absolute Gasteiger partial charge is 0.449 e. The molecule has 0 bridgehead atoms. The minimum atomic E-state index is -1.48. The zero-order chi connectivity index (χ0) is 21.3. The molecule has 0 unspecified atom stereocenters. The quantitative estimate of drug-likeness (QED) is 0.477. The lowest BCUT2D eigenvalue weighted by molar-refractivity contribution is -0.227. The fourth-order valence-corrected chi connectivity index (χ4v) is 4.18. The van der Waals surface area contributed by atoms with E-state index in [1.165, 1.54) is 0 Å². The summed E-state index contributed by atoms with van der Waals surface area (Å²) >= 11 is 0. The number of fused-ring (bicyclic) bond motifs is 3. The molecule has 1 amide bonds. The van der Waals surface area contributed by atoms with E-state index in [4.69, 9.17) is 9.47 Å². The zero-order valence-electron chi connectivity index (χ0n) is 16.2. The number of aliphatic hydroxyl groups excluding tert-OH is 4. The van der Waals surface area contributed by atoms with Gasteiger partial charge in [-0.15, -0.1) is 0 Å². The average molecular weight is 415 g/mol. The standard InChI is InChI=1S/C22H25NO7/c24-10-18-20(26)21(27)19(25)17(30-18)9-23-22(28)29-11-16-14-7-3-1-5-12(14)13-6-2-4-8-15(13)16/h1-8,16-21,24-27H,9-11H2,(H,23,28)/t17-,18+,19-,20-,21+/m0/s1. The first-order valence-electron chi connectivity index (χ1n) is 9.90. The van der Waals surface area contributed by atoms with Gasteiger partial charge in [-0.05, 0) is 22.3 Å². The molecule has 2 aromatic carbocycles. The Morgan fingerprint density at radius 2 is 1.47 bits per heavy atom. The molecule has 1 fully saturated rings. The number of hydrogen-bond donors (Lipinski definition) is 5. The normalized spacial score (nSPS) is 27.9. The molecule has 5 N–H and O–H groups in total. The molecule has 1 aliphatic carbocycles. The molecule has 2 aromatic rings. The van der Waals surface area contributed by atoms with Crippen LogP contribution in [0.1, 0.15) is 17.0 Å². The van der Waals surface area contributed by atoms with E-state index in [1.807, 2.05) is 48.5 Å². The summed E-state index contributed by atoms with van der Waals surface area (Å²) in [6.07, 6.45) is -7.01. The van der Waals surface area contributed by atoms with Crippen LogP contribution in [0, 0.1) is 0 Å². The molecule has 1 heterocycles. The Morgan fingerprint density at radius 1 is 0.900 bits per heavy atom. The van der Waals surface area contributed by atoms with Gasteiger partial charge in [0.1, 0.15) is 37.1 Å². The summed E-state index contributed by atoms with van der Waals surface area (Å²) in [5.74, 6) is -0.0737. The van der Waals surface area contributed by atoms with E-state index in [-0.39, 0.29) is 19.1 Å². The maximum Gasteiger partial charge on any atom is 0.407 e. The second-order valence-corrected chi connectivity index (χ2v) is 7.57. The fourth-order valence-electron chi connectivity index (χ4n) is 4.18. The Kier molecular flexibility index (Phi) is 6.03. The summed E-state index contributed by atoms with van der Waals surface area (Å²) < 4.78 is 10.8. The first-order chi connectivity index (χ1) is 14.5. The maximum absolute atomic E-state index is 12.2. The van der Waals surface area contributed by atoms with Gasteiger partial charge in [0.15, 0.2) is 0 Å². The Labute approximate surface area is 173 Å². The van der Waals surface area contributed by atoms with Crippen LogP contribution < -0.4 is 5.32 Å². The van der Waals surface area contributed by atoms with Crippen LogP contribution in [0.4, 0.5) is 4.79 Å². The van der Waals surface area contributed by atoms with Crippen LogP contribution in [0.5, 0.6) is 0 Å². The minimum Gasteiger partial charge on any atom is -0.449 e. The van der Waals surface area contributed by atoms with Crippen molar-refractivity contribution < 1.29 is 34.7 Å². The van der Waals surface area contributed by atoms with Crippen LogP contribution in [-0.4, -0.2) is 76.8 Å². The number of aliphatic hydroxyl groups is 4. The number of carbonyl (C=O) groups is 1. The molecule has 0 radical (unpaired) electrons. The summed E-state index contributed by atoms with van der Waals surface area (Å²) in [6.45, 7) is -0.515.